The summed E-state index contributed by atoms with van der Waals surface area (Å²) in [7, 11) is 0. The summed E-state index contributed by atoms with van der Waals surface area (Å²) in [5.74, 6) is 0. The van der Waals surface area contributed by atoms with Crippen LogP contribution in [0.2, 0.25) is 0 Å². The van der Waals surface area contributed by atoms with Crippen LogP contribution in [0.1, 0.15) is 0 Å². The monoisotopic (exact) mass is 622 g/mol. The molecular weight excluding hydrogens is 592 g/mol. The lowest BCUT2D eigenvalue weighted by Crippen LogP contribution is -2.63. The molecule has 0 amide bonds. The van der Waals surface area contributed by atoms with Crippen LogP contribution in [-0.2, 0) is 18.9 Å². The summed E-state index contributed by atoms with van der Waals surface area (Å²) in [6.07, 6.45) is -24.1. The van der Waals surface area contributed by atoms with E-state index in [0.717, 1.165) is 0 Å². The Hall–Kier alpha value is -1.16. The van der Waals surface area contributed by atoms with Crippen molar-refractivity contribution in [2.75, 3.05) is 92.1 Å². The smallest absolute Gasteiger partial charge is 0.378 e. The van der Waals surface area contributed by atoms with Crippen LogP contribution in [0, 0.1) is 0 Å². The second-order valence-corrected chi connectivity index (χ2v) is 8.71. The van der Waals surface area contributed by atoms with Crippen LogP contribution in [0.3, 0.4) is 0 Å². The second kappa shape index (κ2) is 14.8. The van der Waals surface area contributed by atoms with E-state index in [9.17, 15) is 62.9 Å². The van der Waals surface area contributed by atoms with Crippen molar-refractivity contribution in [2.45, 2.75) is 35.9 Å². The van der Waals surface area contributed by atoms with E-state index >= 15 is 0 Å². The van der Waals surface area contributed by atoms with Gasteiger partial charge in [0.1, 0.15) is 0 Å². The first-order chi connectivity index (χ1) is 18.2. The fourth-order valence-corrected chi connectivity index (χ4v) is 3.29. The molecule has 1 rings (SSSR count). The largest absolute Gasteiger partial charge is 0.427 e. The minimum Gasteiger partial charge on any atom is -0.378 e. The highest BCUT2D eigenvalue weighted by Crippen LogP contribution is 2.44. The fourth-order valence-electron chi connectivity index (χ4n) is 3.29. The van der Waals surface area contributed by atoms with Crippen molar-refractivity contribution in [1.82, 2.24) is 9.80 Å². The summed E-state index contributed by atoms with van der Waals surface area (Å²) in [4.78, 5) is 1.26. The first-order valence-electron chi connectivity index (χ1n) is 11.6. The highest BCUT2D eigenvalue weighted by atomic mass is 19.4. The van der Waals surface area contributed by atoms with Crippen molar-refractivity contribution >= 4 is 0 Å². The zero-order chi connectivity index (χ0) is 30.9. The van der Waals surface area contributed by atoms with Gasteiger partial charge in [-0.2, -0.15) is 52.7 Å². The molecule has 0 aliphatic carbocycles. The Bertz CT molecular complexity index is 625. The van der Waals surface area contributed by atoms with Gasteiger partial charge in [0.25, 0.3) is 11.2 Å². The third-order valence-corrected chi connectivity index (χ3v) is 5.73. The number of hydrogen-bond donors (Lipinski definition) is 2. The summed E-state index contributed by atoms with van der Waals surface area (Å²) >= 11 is 0. The highest BCUT2D eigenvalue weighted by molar-refractivity contribution is 4.97. The zero-order valence-corrected chi connectivity index (χ0v) is 20.9. The SMILES string of the molecule is OC(CN1CCOCCOCCN(CC(O)(C(F)(F)F)C(F)(F)F)CCOCCOCC1)(C(F)(F)F)C(F)(F)F. The van der Waals surface area contributed by atoms with Crippen molar-refractivity contribution in [3.05, 3.63) is 0 Å². The van der Waals surface area contributed by atoms with E-state index in [1.165, 1.54) is 0 Å². The molecule has 1 saturated heterocycles. The average molecular weight is 622 g/mol. The molecule has 0 unspecified atom stereocenters. The molecule has 1 heterocycles. The van der Waals surface area contributed by atoms with E-state index in [-0.39, 0.29) is 26.4 Å². The molecule has 0 atom stereocenters. The third kappa shape index (κ3) is 10.6. The molecule has 1 aliphatic rings. The molecule has 20 heteroatoms. The summed E-state index contributed by atoms with van der Waals surface area (Å²) in [5.41, 5.74) is -10.1. The topological polar surface area (TPSA) is 83.9 Å². The van der Waals surface area contributed by atoms with Crippen LogP contribution < -0.4 is 0 Å². The van der Waals surface area contributed by atoms with Crippen LogP contribution in [0.15, 0.2) is 0 Å². The zero-order valence-electron chi connectivity index (χ0n) is 20.9. The van der Waals surface area contributed by atoms with Gasteiger partial charge in [-0.05, 0) is 0 Å². The van der Waals surface area contributed by atoms with E-state index < -0.39 is 102 Å². The number of nitrogens with zero attached hydrogens (tertiary/aromatic N) is 2. The van der Waals surface area contributed by atoms with Gasteiger partial charge < -0.3 is 29.2 Å². The summed E-state index contributed by atoms with van der Waals surface area (Å²) < 4.78 is 177. The first kappa shape index (κ1) is 36.9. The molecule has 1 aliphatic heterocycles. The maximum atomic E-state index is 13.1. The standard InChI is InChI=1S/C20H30F12N2O6/c21-17(22,23)15(35,18(24,25)26)13-33-1-5-37-9-10-39-7-3-34(4-8-40-12-11-38-6-2-33)14-16(36,19(27,28)29)20(30,31)32/h35-36H,1-14H2. The van der Waals surface area contributed by atoms with Crippen molar-refractivity contribution in [3.8, 4) is 0 Å². The Morgan fingerprint density at radius 3 is 0.775 bits per heavy atom. The Morgan fingerprint density at radius 2 is 0.600 bits per heavy atom. The van der Waals surface area contributed by atoms with Crippen molar-refractivity contribution < 1.29 is 81.8 Å². The third-order valence-electron chi connectivity index (χ3n) is 5.73. The van der Waals surface area contributed by atoms with E-state index in [4.69, 9.17) is 18.9 Å². The Balaban J connectivity index is 2.82. The van der Waals surface area contributed by atoms with Gasteiger partial charge in [-0.1, -0.05) is 0 Å². The lowest BCUT2D eigenvalue weighted by Gasteiger charge is -2.37. The molecule has 240 valence electrons. The van der Waals surface area contributed by atoms with Crippen LogP contribution in [0.5, 0.6) is 0 Å². The van der Waals surface area contributed by atoms with Crippen molar-refractivity contribution in [2.24, 2.45) is 0 Å². The molecule has 1 fully saturated rings. The van der Waals surface area contributed by atoms with Crippen LogP contribution in [0.25, 0.3) is 0 Å². The highest BCUT2D eigenvalue weighted by Gasteiger charge is 2.71. The van der Waals surface area contributed by atoms with Crippen LogP contribution in [0.4, 0.5) is 52.7 Å². The molecule has 0 aromatic rings. The molecule has 0 spiro atoms. The van der Waals surface area contributed by atoms with Gasteiger partial charge >= 0.3 is 24.7 Å². The summed E-state index contributed by atoms with van der Waals surface area (Å²) in [6.45, 7) is -8.58. The number of alkyl halides is 12. The molecule has 0 aromatic heterocycles. The molecule has 0 bridgehead atoms. The predicted octanol–water partition coefficient (Wildman–Crippen LogP) is 2.38. The lowest BCUT2D eigenvalue weighted by molar-refractivity contribution is -0.371. The van der Waals surface area contributed by atoms with E-state index in [1.807, 2.05) is 0 Å². The maximum Gasteiger partial charge on any atom is 0.427 e. The van der Waals surface area contributed by atoms with Crippen molar-refractivity contribution in [1.29, 1.82) is 0 Å². The molecule has 2 N–H and O–H groups in total. The average Bonchev–Trinajstić information content (AvgIpc) is 2.78. The number of halogens is 12. The first-order valence-corrected chi connectivity index (χ1v) is 11.6. The van der Waals surface area contributed by atoms with Gasteiger partial charge in [0.15, 0.2) is 0 Å². The van der Waals surface area contributed by atoms with Gasteiger partial charge in [-0.3, -0.25) is 9.80 Å². The number of aliphatic hydroxyl groups is 2. The fraction of sp³-hybridized carbons (Fsp3) is 1.00. The molecule has 0 saturated carbocycles. The van der Waals surface area contributed by atoms with Gasteiger partial charge in [0, 0.05) is 39.3 Å². The van der Waals surface area contributed by atoms with E-state index in [2.05, 4.69) is 0 Å². The Kier molecular flexibility index (Phi) is 13.7. The summed E-state index contributed by atoms with van der Waals surface area (Å²) in [5, 5.41) is 18.9. The second-order valence-electron chi connectivity index (χ2n) is 8.71. The normalized spacial score (nSPS) is 21.1. The van der Waals surface area contributed by atoms with Gasteiger partial charge in [0.05, 0.1) is 52.9 Å². The number of rotatable bonds is 4. The van der Waals surface area contributed by atoms with Gasteiger partial charge in [0.2, 0.25) is 0 Å². The lowest BCUT2D eigenvalue weighted by atomic mass is 10.0. The minimum absolute atomic E-state index is 0.286. The number of ether oxygens (including phenoxy) is 4. The van der Waals surface area contributed by atoms with E-state index in [1.54, 1.807) is 0 Å². The maximum absolute atomic E-state index is 13.1. The predicted molar refractivity (Wildman–Crippen MR) is 110 cm³/mol. The van der Waals surface area contributed by atoms with Crippen molar-refractivity contribution in [3.63, 3.8) is 0 Å². The molecular formula is C20H30F12N2O6. The minimum atomic E-state index is -6.04. The number of hydrogen-bond acceptors (Lipinski definition) is 8. The quantitative estimate of drug-likeness (QED) is 0.463. The van der Waals surface area contributed by atoms with Gasteiger partial charge in [-0.15, -0.1) is 0 Å². The van der Waals surface area contributed by atoms with Crippen LogP contribution in [-0.4, -0.2) is 148 Å². The van der Waals surface area contributed by atoms with E-state index in [0.29, 0.717) is 9.80 Å². The Labute approximate surface area is 220 Å². The Morgan fingerprint density at radius 1 is 0.400 bits per heavy atom. The van der Waals surface area contributed by atoms with Crippen LogP contribution >= 0.6 is 0 Å². The molecule has 8 nitrogen and oxygen atoms in total. The molecule has 0 radical (unpaired) electrons. The van der Waals surface area contributed by atoms with Gasteiger partial charge in [-0.25, -0.2) is 0 Å². The molecule has 0 aromatic carbocycles. The summed E-state index contributed by atoms with van der Waals surface area (Å²) in [6, 6.07) is 0. The number of β-amino-alcohol motifs (C(OH)–C–C–N with tert-alkyl or cyclic N) is 2. The molecule has 40 heavy (non-hydrogen) atoms.